The number of methoxy groups -OCH3 is 1. The Morgan fingerprint density at radius 2 is 1.95 bits per heavy atom. The number of hydrogen-bond acceptors (Lipinski definition) is 3. The second kappa shape index (κ2) is 10.6. The Hall–Kier alpha value is -2.15. The largest absolute Gasteiger partial charge is 0.383 e. The zero-order valence-electron chi connectivity index (χ0n) is 13.0. The number of carbonyl (C=O) groups is 1. The summed E-state index contributed by atoms with van der Waals surface area (Å²) in [4.78, 5) is 15.9. The van der Waals surface area contributed by atoms with E-state index < -0.39 is 0 Å². The van der Waals surface area contributed by atoms with E-state index in [0.717, 1.165) is 5.56 Å². The van der Waals surface area contributed by atoms with Gasteiger partial charge in [0.05, 0.1) is 19.7 Å². The standard InChI is InChI=1S/C15H23FN4O2/c1-3-17-15(20-11-14(21)18-8-9-22-2)19-10-12-4-6-13(16)7-5-12/h4-7H,3,8-11H2,1-2H3,(H,18,21)(H2,17,19,20). The first kappa shape index (κ1) is 17.9. The fraction of sp³-hybridized carbons (Fsp3) is 0.467. The predicted octanol–water partition coefficient (Wildman–Crippen LogP) is 0.643. The van der Waals surface area contributed by atoms with E-state index >= 15 is 0 Å². The zero-order valence-corrected chi connectivity index (χ0v) is 13.0. The number of aliphatic imine (C=N–C) groups is 1. The summed E-state index contributed by atoms with van der Waals surface area (Å²) >= 11 is 0. The lowest BCUT2D eigenvalue weighted by Gasteiger charge is -2.11. The summed E-state index contributed by atoms with van der Waals surface area (Å²) in [5.74, 6) is 0.128. The highest BCUT2D eigenvalue weighted by Crippen LogP contribution is 2.03. The van der Waals surface area contributed by atoms with Crippen molar-refractivity contribution in [2.24, 2.45) is 4.99 Å². The number of rotatable bonds is 8. The van der Waals surface area contributed by atoms with Crippen LogP contribution >= 0.6 is 0 Å². The summed E-state index contributed by atoms with van der Waals surface area (Å²) < 4.78 is 17.7. The van der Waals surface area contributed by atoms with Crippen LogP contribution in [0.4, 0.5) is 4.39 Å². The van der Waals surface area contributed by atoms with Crippen LogP contribution < -0.4 is 16.0 Å². The highest BCUT2D eigenvalue weighted by atomic mass is 19.1. The van der Waals surface area contributed by atoms with E-state index in [1.54, 1.807) is 19.2 Å². The molecule has 0 radical (unpaired) electrons. The van der Waals surface area contributed by atoms with Crippen molar-refractivity contribution >= 4 is 11.9 Å². The van der Waals surface area contributed by atoms with Gasteiger partial charge in [0.15, 0.2) is 5.96 Å². The molecule has 0 aromatic heterocycles. The van der Waals surface area contributed by atoms with E-state index in [4.69, 9.17) is 4.74 Å². The monoisotopic (exact) mass is 310 g/mol. The number of hydrogen-bond donors (Lipinski definition) is 3. The molecule has 0 fully saturated rings. The number of guanidine groups is 1. The van der Waals surface area contributed by atoms with Crippen molar-refractivity contribution in [1.82, 2.24) is 16.0 Å². The first-order valence-corrected chi connectivity index (χ1v) is 7.18. The molecule has 0 unspecified atom stereocenters. The fourth-order valence-electron chi connectivity index (χ4n) is 1.62. The minimum absolute atomic E-state index is 0.124. The Bertz CT molecular complexity index is 477. The lowest BCUT2D eigenvalue weighted by atomic mass is 10.2. The van der Waals surface area contributed by atoms with Gasteiger partial charge in [-0.3, -0.25) is 4.79 Å². The molecule has 0 saturated carbocycles. The van der Waals surface area contributed by atoms with Gasteiger partial charge in [0.25, 0.3) is 0 Å². The van der Waals surface area contributed by atoms with E-state index in [1.165, 1.54) is 12.1 Å². The van der Waals surface area contributed by atoms with Crippen LogP contribution in [0.1, 0.15) is 12.5 Å². The molecule has 0 aliphatic heterocycles. The van der Waals surface area contributed by atoms with Crippen LogP contribution in [-0.4, -0.2) is 45.2 Å². The summed E-state index contributed by atoms with van der Waals surface area (Å²) in [7, 11) is 1.58. The molecule has 22 heavy (non-hydrogen) atoms. The fourth-order valence-corrected chi connectivity index (χ4v) is 1.62. The molecule has 0 saturated heterocycles. The first-order chi connectivity index (χ1) is 10.7. The van der Waals surface area contributed by atoms with Crippen molar-refractivity contribution < 1.29 is 13.9 Å². The van der Waals surface area contributed by atoms with Gasteiger partial charge in [-0.05, 0) is 24.6 Å². The first-order valence-electron chi connectivity index (χ1n) is 7.18. The topological polar surface area (TPSA) is 74.8 Å². The van der Waals surface area contributed by atoms with E-state index in [1.807, 2.05) is 6.92 Å². The number of halogens is 1. The van der Waals surface area contributed by atoms with Crippen LogP contribution in [0.3, 0.4) is 0 Å². The molecule has 1 rings (SSSR count). The summed E-state index contributed by atoms with van der Waals surface area (Å²) in [5, 5.41) is 8.70. The van der Waals surface area contributed by atoms with Gasteiger partial charge in [-0.1, -0.05) is 12.1 Å². The molecule has 0 spiro atoms. The SMILES string of the molecule is CCNC(=NCc1ccc(F)cc1)NCC(=O)NCCOC. The highest BCUT2D eigenvalue weighted by Gasteiger charge is 2.03. The summed E-state index contributed by atoms with van der Waals surface area (Å²) in [6.45, 7) is 4.10. The molecule has 0 heterocycles. The van der Waals surface area contributed by atoms with Crippen LogP contribution in [0.2, 0.25) is 0 Å². The molecule has 0 atom stereocenters. The Balaban J connectivity index is 2.44. The van der Waals surface area contributed by atoms with Crippen molar-refractivity contribution in [3.8, 4) is 0 Å². The van der Waals surface area contributed by atoms with Gasteiger partial charge in [0.2, 0.25) is 5.91 Å². The predicted molar refractivity (Wildman–Crippen MR) is 84.1 cm³/mol. The maximum absolute atomic E-state index is 12.8. The molecule has 122 valence electrons. The number of carbonyl (C=O) groups excluding carboxylic acids is 1. The molecule has 1 aromatic carbocycles. The molecule has 0 aliphatic rings. The van der Waals surface area contributed by atoms with Gasteiger partial charge < -0.3 is 20.7 Å². The van der Waals surface area contributed by atoms with Crippen LogP contribution in [0, 0.1) is 5.82 Å². The average Bonchev–Trinajstić information content (AvgIpc) is 2.52. The molecular weight excluding hydrogens is 287 g/mol. The number of nitrogens with zero attached hydrogens (tertiary/aromatic N) is 1. The van der Waals surface area contributed by atoms with Crippen LogP contribution in [0.25, 0.3) is 0 Å². The Labute approximate surface area is 130 Å². The zero-order chi connectivity index (χ0) is 16.2. The van der Waals surface area contributed by atoms with Gasteiger partial charge in [-0.15, -0.1) is 0 Å². The van der Waals surface area contributed by atoms with Gasteiger partial charge in [-0.25, -0.2) is 9.38 Å². The Morgan fingerprint density at radius 1 is 1.23 bits per heavy atom. The van der Waals surface area contributed by atoms with Crippen molar-refractivity contribution in [2.45, 2.75) is 13.5 Å². The minimum atomic E-state index is -0.273. The maximum atomic E-state index is 12.8. The second-order valence-corrected chi connectivity index (χ2v) is 4.52. The Morgan fingerprint density at radius 3 is 2.59 bits per heavy atom. The quantitative estimate of drug-likeness (QED) is 0.374. The summed E-state index contributed by atoms with van der Waals surface area (Å²) in [6, 6.07) is 6.16. The van der Waals surface area contributed by atoms with Gasteiger partial charge in [-0.2, -0.15) is 0 Å². The summed E-state index contributed by atoms with van der Waals surface area (Å²) in [6.07, 6.45) is 0. The third kappa shape index (κ3) is 7.58. The van der Waals surface area contributed by atoms with Crippen LogP contribution in [0.15, 0.2) is 29.3 Å². The van der Waals surface area contributed by atoms with Gasteiger partial charge >= 0.3 is 0 Å². The molecule has 6 nitrogen and oxygen atoms in total. The van der Waals surface area contributed by atoms with Crippen molar-refractivity contribution in [3.05, 3.63) is 35.6 Å². The second-order valence-electron chi connectivity index (χ2n) is 4.52. The third-order valence-corrected chi connectivity index (χ3v) is 2.72. The average molecular weight is 310 g/mol. The highest BCUT2D eigenvalue weighted by molar-refractivity contribution is 5.86. The lowest BCUT2D eigenvalue weighted by molar-refractivity contribution is -0.120. The normalized spacial score (nSPS) is 11.1. The Kier molecular flexibility index (Phi) is 8.59. The molecule has 0 bridgehead atoms. The number of amides is 1. The smallest absolute Gasteiger partial charge is 0.239 e. The minimum Gasteiger partial charge on any atom is -0.383 e. The molecular formula is C15H23FN4O2. The number of benzene rings is 1. The number of nitrogens with one attached hydrogen (secondary N) is 3. The van der Waals surface area contributed by atoms with Crippen molar-refractivity contribution in [3.63, 3.8) is 0 Å². The van der Waals surface area contributed by atoms with E-state index in [0.29, 0.717) is 32.2 Å². The molecule has 0 aliphatic carbocycles. The lowest BCUT2D eigenvalue weighted by Crippen LogP contribution is -2.43. The molecule has 3 N–H and O–H groups in total. The van der Waals surface area contributed by atoms with Crippen LogP contribution in [0.5, 0.6) is 0 Å². The van der Waals surface area contributed by atoms with Crippen LogP contribution in [-0.2, 0) is 16.1 Å². The maximum Gasteiger partial charge on any atom is 0.239 e. The third-order valence-electron chi connectivity index (χ3n) is 2.72. The van der Waals surface area contributed by atoms with Gasteiger partial charge in [0, 0.05) is 20.2 Å². The van der Waals surface area contributed by atoms with E-state index in [-0.39, 0.29) is 18.3 Å². The van der Waals surface area contributed by atoms with E-state index in [2.05, 4.69) is 20.9 Å². The van der Waals surface area contributed by atoms with Crippen molar-refractivity contribution in [1.29, 1.82) is 0 Å². The number of ether oxygens (including phenoxy) is 1. The molecule has 1 amide bonds. The summed E-state index contributed by atoms with van der Waals surface area (Å²) in [5.41, 5.74) is 0.892. The molecule has 1 aromatic rings. The van der Waals surface area contributed by atoms with E-state index in [9.17, 15) is 9.18 Å². The van der Waals surface area contributed by atoms with Gasteiger partial charge in [0.1, 0.15) is 5.82 Å². The molecule has 7 heteroatoms. The van der Waals surface area contributed by atoms with Crippen molar-refractivity contribution in [2.75, 3.05) is 33.4 Å².